The number of nitrogens with zero attached hydrogens (tertiary/aromatic N) is 6. The molecule has 1 saturated heterocycles. The first-order valence-corrected chi connectivity index (χ1v) is 12.1. The van der Waals surface area contributed by atoms with Crippen LogP contribution in [0.5, 0.6) is 0 Å². The number of ether oxygens (including phenoxy) is 1. The van der Waals surface area contributed by atoms with Crippen LogP contribution in [-0.2, 0) is 11.3 Å². The molecule has 0 radical (unpaired) electrons. The molecule has 2 aromatic carbocycles. The Labute approximate surface area is 221 Å². The summed E-state index contributed by atoms with van der Waals surface area (Å²) in [6, 6.07) is 15.6. The molecule has 6 rings (SSSR count). The highest BCUT2D eigenvalue weighted by Gasteiger charge is 2.34. The quantitative estimate of drug-likeness (QED) is 0.315. The Hall–Kier alpha value is -4.68. The van der Waals surface area contributed by atoms with E-state index in [1.54, 1.807) is 46.2 Å². The van der Waals surface area contributed by atoms with Gasteiger partial charge in [-0.25, -0.2) is 19.5 Å². The highest BCUT2D eigenvalue weighted by Crippen LogP contribution is 2.37. The lowest BCUT2D eigenvalue weighted by molar-refractivity contribution is -0.0286. The number of rotatable bonds is 6. The number of hydrogen-bond donors (Lipinski definition) is 3. The molecule has 2 aromatic heterocycles. The molecule has 3 amide bonds. The normalized spacial score (nSPS) is 15.1. The van der Waals surface area contributed by atoms with Gasteiger partial charge in [-0.3, -0.25) is 14.9 Å². The van der Waals surface area contributed by atoms with Crippen molar-refractivity contribution in [2.24, 2.45) is 0 Å². The highest BCUT2D eigenvalue weighted by molar-refractivity contribution is 6.32. The zero-order valence-corrected chi connectivity index (χ0v) is 20.5. The van der Waals surface area contributed by atoms with E-state index >= 15 is 0 Å². The zero-order chi connectivity index (χ0) is 26.2. The van der Waals surface area contributed by atoms with Crippen LogP contribution in [0.3, 0.4) is 0 Å². The Morgan fingerprint density at radius 3 is 2.63 bits per heavy atom. The Morgan fingerprint density at radius 2 is 1.89 bits per heavy atom. The van der Waals surface area contributed by atoms with Gasteiger partial charge in [-0.05, 0) is 30.3 Å². The predicted octanol–water partition coefficient (Wildman–Crippen LogP) is 5.01. The number of anilines is 6. The Morgan fingerprint density at radius 1 is 1.11 bits per heavy atom. The number of urea groups is 1. The molecule has 13 heteroatoms. The molecule has 4 heterocycles. The molecule has 3 N–H and O–H groups in total. The summed E-state index contributed by atoms with van der Waals surface area (Å²) in [5, 5.41) is 19.2. The smallest absolute Gasteiger partial charge is 0.409 e. The summed E-state index contributed by atoms with van der Waals surface area (Å²) >= 11 is 6.34. The molecule has 12 nitrogen and oxygen atoms in total. The molecule has 0 aliphatic carbocycles. The fraction of sp³-hybridized carbons (Fsp3) is 0.160. The third-order valence-electron chi connectivity index (χ3n) is 6.16. The molecule has 2 aliphatic rings. The van der Waals surface area contributed by atoms with E-state index in [0.717, 1.165) is 0 Å². The van der Waals surface area contributed by atoms with Gasteiger partial charge in [-0.2, -0.15) is 10.1 Å². The van der Waals surface area contributed by atoms with Crippen LogP contribution < -0.4 is 20.4 Å². The molecule has 38 heavy (non-hydrogen) atoms. The molecule has 0 bridgehead atoms. The first-order valence-electron chi connectivity index (χ1n) is 11.7. The second-order valence-corrected chi connectivity index (χ2v) is 9.05. The number of carboxylic acid groups (broad SMARTS) is 1. The predicted molar refractivity (Wildman–Crippen MR) is 141 cm³/mol. The van der Waals surface area contributed by atoms with E-state index in [1.807, 2.05) is 30.3 Å². The largest absolute Gasteiger partial charge is 0.465 e. The zero-order valence-electron chi connectivity index (χ0n) is 19.8. The van der Waals surface area contributed by atoms with Gasteiger partial charge >= 0.3 is 12.1 Å². The van der Waals surface area contributed by atoms with Gasteiger partial charge in [0.05, 0.1) is 43.4 Å². The molecule has 0 unspecified atom stereocenters. The molecule has 1 fully saturated rings. The summed E-state index contributed by atoms with van der Waals surface area (Å²) < 4.78 is 6.96. The van der Waals surface area contributed by atoms with Crippen molar-refractivity contribution in [3.05, 3.63) is 77.7 Å². The SMILES string of the molecule is O=C(O)Nc1cccc(N2C(=O)N(c3ccccc3)Cc3cnc(Nc4cn(C5COC5)nc4Cl)nc32)c1. The van der Waals surface area contributed by atoms with Crippen molar-refractivity contribution in [2.45, 2.75) is 12.6 Å². The van der Waals surface area contributed by atoms with Crippen molar-refractivity contribution in [1.82, 2.24) is 19.7 Å². The molecule has 192 valence electrons. The van der Waals surface area contributed by atoms with Crippen LogP contribution in [0.1, 0.15) is 11.6 Å². The number of aromatic nitrogens is 4. The van der Waals surface area contributed by atoms with Gasteiger partial charge in [0.2, 0.25) is 5.95 Å². The number of benzene rings is 2. The standard InChI is InChI=1S/C25H21ClN8O4/c26-21-20(12-33(31-21)19-13-38-14-19)29-23-27-10-15-11-32(17-6-2-1-3-7-17)25(37)34(22(15)30-23)18-8-4-5-16(9-18)28-24(35)36/h1-10,12,19,28H,11,13-14H2,(H,35,36)(H,27,29,30). The summed E-state index contributed by atoms with van der Waals surface area (Å²) in [7, 11) is 0. The number of para-hydroxylation sites is 1. The van der Waals surface area contributed by atoms with Crippen molar-refractivity contribution >= 4 is 58.2 Å². The Kier molecular flexibility index (Phi) is 6.02. The second kappa shape index (κ2) is 9.65. The lowest BCUT2D eigenvalue weighted by Gasteiger charge is -2.36. The van der Waals surface area contributed by atoms with Gasteiger partial charge in [0.25, 0.3) is 0 Å². The van der Waals surface area contributed by atoms with Gasteiger partial charge in [0.15, 0.2) is 11.0 Å². The Balaban J connectivity index is 1.39. The van der Waals surface area contributed by atoms with E-state index in [4.69, 9.17) is 21.4 Å². The van der Waals surface area contributed by atoms with Crippen LogP contribution in [0, 0.1) is 0 Å². The van der Waals surface area contributed by atoms with E-state index in [-0.39, 0.29) is 29.7 Å². The number of hydrogen-bond acceptors (Lipinski definition) is 7. The average Bonchev–Trinajstić information content (AvgIpc) is 3.21. The first kappa shape index (κ1) is 23.7. The van der Waals surface area contributed by atoms with E-state index in [9.17, 15) is 9.59 Å². The molecule has 4 aromatic rings. The molecular formula is C25H21ClN8O4. The number of carbonyl (C=O) groups excluding carboxylic acids is 1. The molecule has 0 atom stereocenters. The van der Waals surface area contributed by atoms with Crippen LogP contribution in [-0.4, -0.2) is 50.2 Å². The third-order valence-corrected chi connectivity index (χ3v) is 6.43. The van der Waals surface area contributed by atoms with E-state index in [1.165, 1.54) is 4.90 Å². The first-order chi connectivity index (χ1) is 18.5. The number of nitrogens with one attached hydrogen (secondary N) is 2. The van der Waals surface area contributed by atoms with E-state index < -0.39 is 6.09 Å². The number of carbonyl (C=O) groups is 2. The van der Waals surface area contributed by atoms with Crippen LogP contribution in [0.25, 0.3) is 0 Å². The maximum atomic E-state index is 13.9. The number of halogens is 1. The third kappa shape index (κ3) is 4.46. The summed E-state index contributed by atoms with van der Waals surface area (Å²) in [6.45, 7) is 1.39. The lowest BCUT2D eigenvalue weighted by Crippen LogP contribution is -2.45. The van der Waals surface area contributed by atoms with Crippen LogP contribution >= 0.6 is 11.6 Å². The fourth-order valence-corrected chi connectivity index (χ4v) is 4.42. The Bertz CT molecular complexity index is 1530. The topological polar surface area (TPSA) is 138 Å². The average molecular weight is 533 g/mol. The molecular weight excluding hydrogens is 512 g/mol. The second-order valence-electron chi connectivity index (χ2n) is 8.69. The van der Waals surface area contributed by atoms with Gasteiger partial charge in [0, 0.05) is 23.1 Å². The minimum atomic E-state index is -1.21. The van der Waals surface area contributed by atoms with E-state index in [2.05, 4.69) is 25.7 Å². The minimum Gasteiger partial charge on any atom is -0.465 e. The maximum Gasteiger partial charge on any atom is 0.409 e. The van der Waals surface area contributed by atoms with Crippen molar-refractivity contribution < 1.29 is 19.4 Å². The number of fused-ring (bicyclic) bond motifs is 1. The summed E-state index contributed by atoms with van der Waals surface area (Å²) in [6.07, 6.45) is 2.20. The highest BCUT2D eigenvalue weighted by atomic mass is 35.5. The summed E-state index contributed by atoms with van der Waals surface area (Å²) in [5.41, 5.74) is 2.67. The van der Waals surface area contributed by atoms with Gasteiger partial charge in [0.1, 0.15) is 0 Å². The van der Waals surface area contributed by atoms with Crippen molar-refractivity contribution in [2.75, 3.05) is 33.6 Å². The van der Waals surface area contributed by atoms with Gasteiger partial charge in [-0.1, -0.05) is 35.9 Å². The van der Waals surface area contributed by atoms with Crippen molar-refractivity contribution in [3.63, 3.8) is 0 Å². The molecule has 2 aliphatic heterocycles. The lowest BCUT2D eigenvalue weighted by atomic mass is 10.1. The minimum absolute atomic E-state index is 0.122. The van der Waals surface area contributed by atoms with Crippen molar-refractivity contribution in [1.29, 1.82) is 0 Å². The fourth-order valence-electron chi connectivity index (χ4n) is 4.24. The molecule has 0 saturated carbocycles. The summed E-state index contributed by atoms with van der Waals surface area (Å²) in [4.78, 5) is 37.2. The van der Waals surface area contributed by atoms with Gasteiger partial charge in [-0.15, -0.1) is 0 Å². The van der Waals surface area contributed by atoms with Crippen LogP contribution in [0.4, 0.5) is 44.1 Å². The number of amides is 3. The van der Waals surface area contributed by atoms with Gasteiger partial charge < -0.3 is 15.2 Å². The van der Waals surface area contributed by atoms with Crippen LogP contribution in [0.2, 0.25) is 5.15 Å². The molecule has 0 spiro atoms. The van der Waals surface area contributed by atoms with Crippen molar-refractivity contribution in [3.8, 4) is 0 Å². The van der Waals surface area contributed by atoms with E-state index in [0.29, 0.717) is 47.3 Å². The summed E-state index contributed by atoms with van der Waals surface area (Å²) in [5.74, 6) is 0.587. The van der Waals surface area contributed by atoms with Crippen LogP contribution in [0.15, 0.2) is 67.0 Å². The maximum absolute atomic E-state index is 13.9. The monoisotopic (exact) mass is 532 g/mol.